The Kier molecular flexibility index (Phi) is 7.29. The van der Waals surface area contributed by atoms with Gasteiger partial charge in [-0.25, -0.2) is 0 Å². The lowest BCUT2D eigenvalue weighted by Crippen LogP contribution is -2.30. The van der Waals surface area contributed by atoms with Crippen LogP contribution in [0.15, 0.2) is 24.3 Å². The minimum atomic E-state index is -0.430. The summed E-state index contributed by atoms with van der Waals surface area (Å²) in [4.78, 5) is 13.6. The molecule has 0 atom stereocenters. The topological polar surface area (TPSA) is 53.6 Å². The molecule has 128 valence electrons. The summed E-state index contributed by atoms with van der Waals surface area (Å²) >= 11 is 5.24. The lowest BCUT2D eigenvalue weighted by molar-refractivity contribution is -0.154. The van der Waals surface area contributed by atoms with E-state index >= 15 is 0 Å². The van der Waals surface area contributed by atoms with Crippen LogP contribution in [0.25, 0.3) is 0 Å². The van der Waals surface area contributed by atoms with Crippen LogP contribution in [-0.4, -0.2) is 37.3 Å². The van der Waals surface area contributed by atoms with Gasteiger partial charge in [-0.3, -0.25) is 4.79 Å². The van der Waals surface area contributed by atoms with Gasteiger partial charge in [0.1, 0.15) is 5.60 Å². The largest absolute Gasteiger partial charge is 0.460 e. The van der Waals surface area contributed by atoms with Crippen LogP contribution in [-0.2, 0) is 9.53 Å². The first-order valence-corrected chi connectivity index (χ1v) is 8.12. The molecular weight excluding hydrogens is 310 g/mol. The third-order valence-electron chi connectivity index (χ3n) is 2.90. The smallest absolute Gasteiger partial charge is 0.306 e. The Morgan fingerprint density at radius 1 is 1.22 bits per heavy atom. The standard InChI is InChI=1S/C17H27N3O2S/c1-17(2,3)22-15(21)7-6-12-18-16(23)19-13-8-10-14(11-9-13)20(4)5/h8-11H,6-7,12H2,1-5H3,(H2,18,19,23). The van der Waals surface area contributed by atoms with Crippen LogP contribution >= 0.6 is 12.2 Å². The quantitative estimate of drug-likeness (QED) is 0.472. The molecule has 0 aromatic heterocycles. The fourth-order valence-electron chi connectivity index (χ4n) is 1.85. The van der Waals surface area contributed by atoms with Crippen molar-refractivity contribution in [1.29, 1.82) is 0 Å². The Morgan fingerprint density at radius 2 is 1.83 bits per heavy atom. The van der Waals surface area contributed by atoms with Crippen LogP contribution in [0.2, 0.25) is 0 Å². The van der Waals surface area contributed by atoms with E-state index in [0.717, 1.165) is 11.4 Å². The van der Waals surface area contributed by atoms with Gasteiger partial charge in [-0.2, -0.15) is 0 Å². The summed E-state index contributed by atoms with van der Waals surface area (Å²) in [5, 5.41) is 6.76. The summed E-state index contributed by atoms with van der Waals surface area (Å²) in [7, 11) is 4.00. The number of nitrogens with zero attached hydrogens (tertiary/aromatic N) is 1. The molecule has 0 fully saturated rings. The number of benzene rings is 1. The predicted molar refractivity (Wildman–Crippen MR) is 100 cm³/mol. The molecule has 0 spiro atoms. The number of rotatable bonds is 6. The van der Waals surface area contributed by atoms with E-state index in [1.165, 1.54) is 0 Å². The maximum atomic E-state index is 11.6. The number of carbonyl (C=O) groups is 1. The highest BCUT2D eigenvalue weighted by molar-refractivity contribution is 7.80. The fraction of sp³-hybridized carbons (Fsp3) is 0.529. The second-order valence-corrected chi connectivity index (χ2v) is 6.92. The van der Waals surface area contributed by atoms with Gasteiger partial charge < -0.3 is 20.3 Å². The van der Waals surface area contributed by atoms with Crippen molar-refractivity contribution in [2.24, 2.45) is 0 Å². The number of ether oxygens (including phenoxy) is 1. The highest BCUT2D eigenvalue weighted by Crippen LogP contribution is 2.15. The van der Waals surface area contributed by atoms with Crippen molar-refractivity contribution in [2.45, 2.75) is 39.2 Å². The Hall–Kier alpha value is -1.82. The zero-order valence-electron chi connectivity index (χ0n) is 14.6. The lowest BCUT2D eigenvalue weighted by atomic mass is 10.2. The first kappa shape index (κ1) is 19.2. The zero-order valence-corrected chi connectivity index (χ0v) is 15.4. The van der Waals surface area contributed by atoms with Crippen molar-refractivity contribution < 1.29 is 9.53 Å². The molecule has 0 aliphatic rings. The fourth-order valence-corrected chi connectivity index (χ4v) is 2.07. The number of carbonyl (C=O) groups excluding carboxylic acids is 1. The van der Waals surface area contributed by atoms with Gasteiger partial charge in [0.25, 0.3) is 0 Å². The van der Waals surface area contributed by atoms with Gasteiger partial charge in [0.15, 0.2) is 5.11 Å². The molecule has 0 bridgehead atoms. The zero-order chi connectivity index (χ0) is 17.5. The van der Waals surface area contributed by atoms with Gasteiger partial charge in [-0.1, -0.05) is 0 Å². The van der Waals surface area contributed by atoms with E-state index in [2.05, 4.69) is 10.6 Å². The molecule has 0 amide bonds. The average molecular weight is 337 g/mol. The summed E-state index contributed by atoms with van der Waals surface area (Å²) < 4.78 is 5.25. The van der Waals surface area contributed by atoms with Crippen LogP contribution in [0, 0.1) is 0 Å². The van der Waals surface area contributed by atoms with Crippen molar-refractivity contribution in [2.75, 3.05) is 30.9 Å². The average Bonchev–Trinajstić information content (AvgIpc) is 2.42. The summed E-state index contributed by atoms with van der Waals surface area (Å²) in [6, 6.07) is 7.99. The van der Waals surface area contributed by atoms with Crippen molar-refractivity contribution >= 4 is 34.7 Å². The number of nitrogens with one attached hydrogen (secondary N) is 2. The molecule has 0 radical (unpaired) electrons. The van der Waals surface area contributed by atoms with Crippen molar-refractivity contribution in [3.63, 3.8) is 0 Å². The highest BCUT2D eigenvalue weighted by Gasteiger charge is 2.15. The minimum Gasteiger partial charge on any atom is -0.460 e. The van der Waals surface area contributed by atoms with Crippen molar-refractivity contribution in [1.82, 2.24) is 5.32 Å². The number of hydrogen-bond donors (Lipinski definition) is 2. The molecule has 6 heteroatoms. The normalized spacial score (nSPS) is 10.8. The Labute approximate surface area is 144 Å². The summed E-state index contributed by atoms with van der Waals surface area (Å²) in [6.45, 7) is 6.22. The SMILES string of the molecule is CN(C)c1ccc(NC(=S)NCCCC(=O)OC(C)(C)C)cc1. The monoisotopic (exact) mass is 337 g/mol. The van der Waals surface area contributed by atoms with Gasteiger partial charge in [0.2, 0.25) is 0 Å². The van der Waals surface area contributed by atoms with Gasteiger partial charge in [0, 0.05) is 38.4 Å². The van der Waals surface area contributed by atoms with E-state index in [-0.39, 0.29) is 5.97 Å². The molecule has 0 heterocycles. The van der Waals surface area contributed by atoms with E-state index in [0.29, 0.717) is 24.5 Å². The maximum absolute atomic E-state index is 11.6. The lowest BCUT2D eigenvalue weighted by Gasteiger charge is -2.19. The molecule has 0 aliphatic carbocycles. The number of thiocarbonyl (C=S) groups is 1. The number of esters is 1. The van der Waals surface area contributed by atoms with Gasteiger partial charge in [0.05, 0.1) is 0 Å². The summed E-state index contributed by atoms with van der Waals surface area (Å²) in [5.74, 6) is -0.183. The predicted octanol–water partition coefficient (Wildman–Crippen LogP) is 3.16. The maximum Gasteiger partial charge on any atom is 0.306 e. The second-order valence-electron chi connectivity index (χ2n) is 6.51. The Bertz CT molecular complexity index is 522. The molecule has 0 aliphatic heterocycles. The molecule has 2 N–H and O–H groups in total. The first-order valence-electron chi connectivity index (χ1n) is 7.71. The van der Waals surface area contributed by atoms with Crippen molar-refractivity contribution in [3.8, 4) is 0 Å². The van der Waals surface area contributed by atoms with Crippen molar-refractivity contribution in [3.05, 3.63) is 24.3 Å². The highest BCUT2D eigenvalue weighted by atomic mass is 32.1. The molecule has 5 nitrogen and oxygen atoms in total. The molecule has 0 unspecified atom stereocenters. The summed E-state index contributed by atoms with van der Waals surface area (Å²) in [5.41, 5.74) is 1.63. The molecule has 0 saturated carbocycles. The number of anilines is 2. The van der Waals surface area contributed by atoms with E-state index in [1.807, 2.05) is 64.0 Å². The molecule has 1 aromatic rings. The molecule has 1 aromatic carbocycles. The third kappa shape index (κ3) is 8.40. The second kappa shape index (κ2) is 8.72. The van der Waals surface area contributed by atoms with Crippen LogP contribution < -0.4 is 15.5 Å². The summed E-state index contributed by atoms with van der Waals surface area (Å²) in [6.07, 6.45) is 1.06. The van der Waals surface area contributed by atoms with Crippen LogP contribution in [0.4, 0.5) is 11.4 Å². The molecule has 1 rings (SSSR count). The van der Waals surface area contributed by atoms with Crippen LogP contribution in [0.1, 0.15) is 33.6 Å². The van der Waals surface area contributed by atoms with E-state index in [4.69, 9.17) is 17.0 Å². The van der Waals surface area contributed by atoms with Crippen LogP contribution in [0.5, 0.6) is 0 Å². The minimum absolute atomic E-state index is 0.183. The molecular formula is C17H27N3O2S. The Morgan fingerprint density at radius 3 is 2.35 bits per heavy atom. The van der Waals surface area contributed by atoms with E-state index < -0.39 is 5.60 Å². The van der Waals surface area contributed by atoms with Gasteiger partial charge >= 0.3 is 5.97 Å². The van der Waals surface area contributed by atoms with E-state index in [9.17, 15) is 4.79 Å². The first-order chi connectivity index (χ1) is 10.7. The molecule has 0 saturated heterocycles. The van der Waals surface area contributed by atoms with E-state index in [1.54, 1.807) is 0 Å². The molecule has 23 heavy (non-hydrogen) atoms. The third-order valence-corrected chi connectivity index (χ3v) is 3.15. The van der Waals surface area contributed by atoms with Crippen LogP contribution in [0.3, 0.4) is 0 Å². The number of hydrogen-bond acceptors (Lipinski definition) is 4. The van der Waals surface area contributed by atoms with Gasteiger partial charge in [-0.15, -0.1) is 0 Å². The Balaban J connectivity index is 2.25. The van der Waals surface area contributed by atoms with Gasteiger partial charge in [-0.05, 0) is 63.7 Å².